The fraction of sp³-hybridized carbons (Fsp3) is 0.500. The second-order valence-corrected chi connectivity index (χ2v) is 6.82. The first-order valence-corrected chi connectivity index (χ1v) is 8.58. The van der Waals surface area contributed by atoms with Crippen LogP contribution in [0.1, 0.15) is 47.9 Å². The molecule has 0 atom stereocenters. The van der Waals surface area contributed by atoms with Crippen LogP contribution in [-0.4, -0.2) is 54.8 Å². The number of hydroxylamine groups is 2. The Morgan fingerprint density at radius 3 is 2.23 bits per heavy atom. The summed E-state index contributed by atoms with van der Waals surface area (Å²) in [6.45, 7) is 7.29. The van der Waals surface area contributed by atoms with Gasteiger partial charge >= 0.3 is 6.09 Å². The molecule has 1 aromatic carbocycles. The van der Waals surface area contributed by atoms with Crippen molar-refractivity contribution in [1.29, 1.82) is 0 Å². The number of nitrogens with one attached hydrogen (secondary N) is 2. The third-order valence-corrected chi connectivity index (χ3v) is 3.45. The number of hydrogen-bond acceptors (Lipinski definition) is 6. The van der Waals surface area contributed by atoms with Crippen molar-refractivity contribution in [2.45, 2.75) is 32.8 Å². The molecular weight excluding hydrogens is 338 g/mol. The summed E-state index contributed by atoms with van der Waals surface area (Å²) in [6.07, 6.45) is 0.160. The lowest BCUT2D eigenvalue weighted by atomic mass is 10.1. The van der Waals surface area contributed by atoms with Gasteiger partial charge in [0.05, 0.1) is 17.7 Å². The molecule has 0 bridgehead atoms. The standard InChI is InChI=1S/C18H25N3O5/c1-18(2,3)26-17(24)20-11-10-19-9-6-12-25-21-15(22)13-7-4-5-8-14(13)16(21)23/h4-5,7-8,19H,6,9-12H2,1-3H3,(H,20,24). The Kier molecular flexibility index (Phi) is 6.70. The van der Waals surface area contributed by atoms with Crippen LogP contribution in [-0.2, 0) is 9.57 Å². The predicted molar refractivity (Wildman–Crippen MR) is 94.6 cm³/mol. The van der Waals surface area contributed by atoms with Crippen molar-refractivity contribution in [2.24, 2.45) is 0 Å². The summed E-state index contributed by atoms with van der Waals surface area (Å²) >= 11 is 0. The van der Waals surface area contributed by atoms with Gasteiger partial charge in [0, 0.05) is 13.1 Å². The van der Waals surface area contributed by atoms with Gasteiger partial charge in [-0.15, -0.1) is 5.06 Å². The molecule has 0 aliphatic carbocycles. The van der Waals surface area contributed by atoms with Crippen LogP contribution in [0.3, 0.4) is 0 Å². The maximum atomic E-state index is 12.1. The summed E-state index contributed by atoms with van der Waals surface area (Å²) in [7, 11) is 0. The van der Waals surface area contributed by atoms with E-state index in [-0.39, 0.29) is 6.61 Å². The molecule has 0 saturated heterocycles. The average Bonchev–Trinajstić information content (AvgIpc) is 2.80. The number of carbonyl (C=O) groups excluding carboxylic acids is 3. The van der Waals surface area contributed by atoms with E-state index in [0.29, 0.717) is 37.2 Å². The van der Waals surface area contributed by atoms with E-state index < -0.39 is 23.5 Å². The van der Waals surface area contributed by atoms with E-state index in [0.717, 1.165) is 5.06 Å². The summed E-state index contributed by atoms with van der Waals surface area (Å²) in [5.41, 5.74) is 0.214. The van der Waals surface area contributed by atoms with Gasteiger partial charge in [-0.1, -0.05) is 12.1 Å². The first-order chi connectivity index (χ1) is 12.3. The minimum absolute atomic E-state index is 0.234. The summed E-state index contributed by atoms with van der Waals surface area (Å²) in [5, 5.41) is 6.59. The number of rotatable bonds is 8. The largest absolute Gasteiger partial charge is 0.444 e. The molecule has 142 valence electrons. The quantitative estimate of drug-likeness (QED) is 0.539. The van der Waals surface area contributed by atoms with Crippen molar-refractivity contribution < 1.29 is 24.0 Å². The molecule has 0 aromatic heterocycles. The molecular formula is C18H25N3O5. The molecule has 1 aliphatic rings. The summed E-state index contributed by atoms with van der Waals surface area (Å²) in [4.78, 5) is 40.9. The molecule has 0 fully saturated rings. The van der Waals surface area contributed by atoms with Crippen molar-refractivity contribution in [2.75, 3.05) is 26.2 Å². The molecule has 0 spiro atoms. The Morgan fingerprint density at radius 1 is 1.04 bits per heavy atom. The zero-order valence-electron chi connectivity index (χ0n) is 15.3. The third-order valence-electron chi connectivity index (χ3n) is 3.45. The highest BCUT2D eigenvalue weighted by Crippen LogP contribution is 2.22. The molecule has 8 nitrogen and oxygen atoms in total. The number of hydrogen-bond donors (Lipinski definition) is 2. The van der Waals surface area contributed by atoms with E-state index in [2.05, 4.69) is 10.6 Å². The molecule has 1 aliphatic heterocycles. The number of carbonyl (C=O) groups is 3. The van der Waals surface area contributed by atoms with Gasteiger partial charge in [-0.2, -0.15) is 0 Å². The van der Waals surface area contributed by atoms with E-state index in [1.165, 1.54) is 0 Å². The maximum absolute atomic E-state index is 12.1. The maximum Gasteiger partial charge on any atom is 0.407 e. The number of fused-ring (bicyclic) bond motifs is 1. The summed E-state index contributed by atoms with van der Waals surface area (Å²) < 4.78 is 5.12. The molecule has 2 N–H and O–H groups in total. The zero-order chi connectivity index (χ0) is 19.2. The fourth-order valence-corrected chi connectivity index (χ4v) is 2.33. The highest BCUT2D eigenvalue weighted by Gasteiger charge is 2.36. The molecule has 0 saturated carbocycles. The van der Waals surface area contributed by atoms with Crippen LogP contribution < -0.4 is 10.6 Å². The van der Waals surface area contributed by atoms with Crippen LogP contribution in [0, 0.1) is 0 Å². The minimum Gasteiger partial charge on any atom is -0.444 e. The number of imide groups is 1. The van der Waals surface area contributed by atoms with Crippen LogP contribution in [0.5, 0.6) is 0 Å². The van der Waals surface area contributed by atoms with Crippen LogP contribution in [0.25, 0.3) is 0 Å². The number of benzene rings is 1. The van der Waals surface area contributed by atoms with Crippen LogP contribution in [0.2, 0.25) is 0 Å². The normalized spacial score (nSPS) is 13.7. The first-order valence-electron chi connectivity index (χ1n) is 8.58. The number of alkyl carbamates (subject to hydrolysis) is 1. The van der Waals surface area contributed by atoms with E-state index in [1.807, 2.05) is 0 Å². The SMILES string of the molecule is CC(C)(C)OC(=O)NCCNCCCON1C(=O)c2ccccc2C1=O. The lowest BCUT2D eigenvalue weighted by Gasteiger charge is -2.19. The van der Waals surface area contributed by atoms with Crippen LogP contribution in [0.4, 0.5) is 4.79 Å². The van der Waals surface area contributed by atoms with Gasteiger partial charge in [-0.25, -0.2) is 4.79 Å². The van der Waals surface area contributed by atoms with Crippen molar-refractivity contribution in [1.82, 2.24) is 15.7 Å². The lowest BCUT2D eigenvalue weighted by Crippen LogP contribution is -2.36. The molecule has 26 heavy (non-hydrogen) atoms. The van der Waals surface area contributed by atoms with Crippen molar-refractivity contribution in [3.05, 3.63) is 35.4 Å². The Morgan fingerprint density at radius 2 is 1.65 bits per heavy atom. The van der Waals surface area contributed by atoms with Gasteiger partial charge in [0.25, 0.3) is 11.8 Å². The number of nitrogens with zero attached hydrogens (tertiary/aromatic N) is 1. The Balaban J connectivity index is 1.56. The Bertz CT molecular complexity index is 634. The zero-order valence-corrected chi connectivity index (χ0v) is 15.3. The van der Waals surface area contributed by atoms with E-state index in [1.54, 1.807) is 45.0 Å². The molecule has 1 aromatic rings. The molecule has 1 heterocycles. The lowest BCUT2D eigenvalue weighted by molar-refractivity contribution is -0.0917. The molecule has 2 rings (SSSR count). The minimum atomic E-state index is -0.515. The van der Waals surface area contributed by atoms with E-state index in [9.17, 15) is 14.4 Å². The molecule has 0 unspecified atom stereocenters. The van der Waals surface area contributed by atoms with Gasteiger partial charge in [0.2, 0.25) is 0 Å². The van der Waals surface area contributed by atoms with Gasteiger partial charge in [0.15, 0.2) is 0 Å². The van der Waals surface area contributed by atoms with Gasteiger partial charge in [-0.3, -0.25) is 14.4 Å². The smallest absolute Gasteiger partial charge is 0.407 e. The average molecular weight is 363 g/mol. The predicted octanol–water partition coefficient (Wildman–Crippen LogP) is 1.72. The topological polar surface area (TPSA) is 97.0 Å². The summed E-state index contributed by atoms with van der Waals surface area (Å²) in [6, 6.07) is 6.64. The monoisotopic (exact) mass is 363 g/mol. The van der Waals surface area contributed by atoms with Crippen LogP contribution in [0.15, 0.2) is 24.3 Å². The molecule has 0 radical (unpaired) electrons. The number of amides is 3. The van der Waals surface area contributed by atoms with Crippen molar-refractivity contribution in [3.8, 4) is 0 Å². The Hall–Kier alpha value is -2.45. The van der Waals surface area contributed by atoms with Crippen molar-refractivity contribution >= 4 is 17.9 Å². The summed E-state index contributed by atoms with van der Waals surface area (Å²) in [5.74, 6) is -0.861. The van der Waals surface area contributed by atoms with E-state index >= 15 is 0 Å². The number of ether oxygens (including phenoxy) is 1. The second kappa shape index (κ2) is 8.77. The third kappa shape index (κ3) is 5.53. The fourth-order valence-electron chi connectivity index (χ4n) is 2.33. The van der Waals surface area contributed by atoms with E-state index in [4.69, 9.17) is 9.57 Å². The second-order valence-electron chi connectivity index (χ2n) is 6.82. The van der Waals surface area contributed by atoms with Gasteiger partial charge < -0.3 is 15.4 Å². The Labute approximate surface area is 152 Å². The highest BCUT2D eigenvalue weighted by molar-refractivity contribution is 6.20. The molecule has 8 heteroatoms. The molecule has 3 amide bonds. The first kappa shape index (κ1) is 19.9. The van der Waals surface area contributed by atoms with Gasteiger partial charge in [0.1, 0.15) is 5.60 Å². The van der Waals surface area contributed by atoms with Crippen molar-refractivity contribution in [3.63, 3.8) is 0 Å². The van der Waals surface area contributed by atoms with Gasteiger partial charge in [-0.05, 0) is 45.9 Å². The van der Waals surface area contributed by atoms with Crippen LogP contribution >= 0.6 is 0 Å². The highest BCUT2D eigenvalue weighted by atomic mass is 16.7.